The van der Waals surface area contributed by atoms with Crippen molar-refractivity contribution in [3.8, 4) is 5.75 Å². The molecule has 1 amide bonds. The van der Waals surface area contributed by atoms with Crippen LogP contribution >= 0.6 is 23.7 Å². The molecule has 138 valence electrons. The van der Waals surface area contributed by atoms with Gasteiger partial charge in [-0.25, -0.2) is 4.98 Å². The maximum absolute atomic E-state index is 12.5. The largest absolute Gasteiger partial charge is 0.490 e. The Morgan fingerprint density at radius 3 is 3.12 bits per heavy atom. The average molecular weight is 394 g/mol. The molecule has 8 heteroatoms. The van der Waals surface area contributed by atoms with Crippen LogP contribution in [0.3, 0.4) is 0 Å². The minimum absolute atomic E-state index is 0. The van der Waals surface area contributed by atoms with Crippen LogP contribution in [0.15, 0.2) is 28.7 Å². The number of thiazole rings is 1. The number of hydrogen-bond donors (Lipinski definition) is 1. The summed E-state index contributed by atoms with van der Waals surface area (Å²) in [4.78, 5) is 20.6. The Morgan fingerprint density at radius 2 is 2.31 bits per heavy atom. The van der Waals surface area contributed by atoms with Crippen molar-refractivity contribution in [1.82, 2.24) is 9.88 Å². The van der Waals surface area contributed by atoms with Crippen molar-refractivity contribution < 1.29 is 13.9 Å². The Morgan fingerprint density at radius 1 is 1.46 bits per heavy atom. The molecular weight excluding hydrogens is 374 g/mol. The highest BCUT2D eigenvalue weighted by Crippen LogP contribution is 2.31. The minimum Gasteiger partial charge on any atom is -0.490 e. The number of nitrogens with zero attached hydrogens (tertiary/aromatic N) is 2. The van der Waals surface area contributed by atoms with Crippen LogP contribution in [0.1, 0.15) is 28.0 Å². The van der Waals surface area contributed by atoms with E-state index in [-0.39, 0.29) is 24.1 Å². The highest BCUT2D eigenvalue weighted by molar-refractivity contribution is 7.15. The molecule has 4 rings (SSSR count). The number of anilines is 1. The van der Waals surface area contributed by atoms with E-state index in [2.05, 4.69) is 22.2 Å². The van der Waals surface area contributed by atoms with Crippen LogP contribution in [0.4, 0.5) is 5.13 Å². The number of likely N-dealkylation sites (N-methyl/N-ethyl adjacent to an activating group) is 1. The number of benzene rings is 1. The summed E-state index contributed by atoms with van der Waals surface area (Å²) in [6.45, 7) is 4.33. The molecule has 0 bridgehead atoms. The van der Waals surface area contributed by atoms with E-state index in [9.17, 15) is 4.79 Å². The molecule has 0 radical (unpaired) electrons. The van der Waals surface area contributed by atoms with Gasteiger partial charge in [-0.1, -0.05) is 12.1 Å². The zero-order valence-corrected chi connectivity index (χ0v) is 16.2. The molecule has 2 aromatic heterocycles. The highest BCUT2D eigenvalue weighted by Gasteiger charge is 2.21. The van der Waals surface area contributed by atoms with Crippen LogP contribution < -0.4 is 10.1 Å². The van der Waals surface area contributed by atoms with Crippen LogP contribution in [0.2, 0.25) is 0 Å². The average Bonchev–Trinajstić information content (AvgIpc) is 3.18. The first-order valence-electron chi connectivity index (χ1n) is 8.28. The molecule has 3 aromatic rings. The van der Waals surface area contributed by atoms with Crippen molar-refractivity contribution in [3.63, 3.8) is 0 Å². The van der Waals surface area contributed by atoms with E-state index in [4.69, 9.17) is 9.15 Å². The van der Waals surface area contributed by atoms with Gasteiger partial charge < -0.3 is 14.1 Å². The van der Waals surface area contributed by atoms with Crippen molar-refractivity contribution in [2.45, 2.75) is 19.9 Å². The fraction of sp³-hybridized carbons (Fsp3) is 0.333. The summed E-state index contributed by atoms with van der Waals surface area (Å²) in [6.07, 6.45) is 0.917. The molecule has 26 heavy (non-hydrogen) atoms. The van der Waals surface area contributed by atoms with E-state index < -0.39 is 0 Å². The number of ether oxygens (including phenoxy) is 1. The predicted octanol–water partition coefficient (Wildman–Crippen LogP) is 3.95. The predicted molar refractivity (Wildman–Crippen MR) is 105 cm³/mol. The number of carbonyl (C=O) groups is 1. The number of hydrogen-bond acceptors (Lipinski definition) is 6. The van der Waals surface area contributed by atoms with Crippen LogP contribution in [0.25, 0.3) is 11.0 Å². The monoisotopic (exact) mass is 393 g/mol. The van der Waals surface area contributed by atoms with Gasteiger partial charge in [0.25, 0.3) is 5.91 Å². The van der Waals surface area contributed by atoms with Gasteiger partial charge in [-0.3, -0.25) is 10.1 Å². The van der Waals surface area contributed by atoms with Crippen molar-refractivity contribution >= 4 is 45.8 Å². The molecule has 1 aliphatic rings. The smallest absolute Gasteiger partial charge is 0.293 e. The molecule has 0 spiro atoms. The number of amides is 1. The maximum Gasteiger partial charge on any atom is 0.293 e. The summed E-state index contributed by atoms with van der Waals surface area (Å²) in [7, 11) is 2.09. The SMILES string of the molecule is CCOc1cccc2cc(C(=O)Nc3nc4c(s3)CN(C)CC4)oc12.Cl. The van der Waals surface area contributed by atoms with E-state index in [0.717, 1.165) is 30.6 Å². The quantitative estimate of drug-likeness (QED) is 0.726. The van der Waals surface area contributed by atoms with Gasteiger partial charge in [-0.2, -0.15) is 0 Å². The van der Waals surface area contributed by atoms with Crippen molar-refractivity contribution in [2.75, 3.05) is 25.5 Å². The van der Waals surface area contributed by atoms with Crippen LogP contribution in [0.5, 0.6) is 5.75 Å². The number of fused-ring (bicyclic) bond motifs is 2. The number of rotatable bonds is 4. The van der Waals surface area contributed by atoms with Crippen molar-refractivity contribution in [3.05, 3.63) is 40.6 Å². The summed E-state index contributed by atoms with van der Waals surface area (Å²) in [5.74, 6) is 0.609. The van der Waals surface area contributed by atoms with Gasteiger partial charge in [0.1, 0.15) is 0 Å². The lowest BCUT2D eigenvalue weighted by Crippen LogP contribution is -2.25. The Labute approximate surface area is 161 Å². The standard InChI is InChI=1S/C18H19N3O3S.ClH/c1-3-23-13-6-4-5-11-9-14(24-16(11)13)17(22)20-18-19-12-7-8-21(2)10-15(12)25-18;/h4-6,9H,3,7-8,10H2,1-2H3,(H,19,20,22);1H. The van der Waals surface area contributed by atoms with E-state index in [0.29, 0.717) is 23.1 Å². The van der Waals surface area contributed by atoms with Crippen LogP contribution in [-0.2, 0) is 13.0 Å². The van der Waals surface area contributed by atoms with Gasteiger partial charge in [0.15, 0.2) is 22.2 Å². The zero-order chi connectivity index (χ0) is 17.4. The van der Waals surface area contributed by atoms with Gasteiger partial charge in [0, 0.05) is 29.8 Å². The molecule has 1 N–H and O–H groups in total. The lowest BCUT2D eigenvalue weighted by Gasteiger charge is -2.20. The molecule has 0 unspecified atom stereocenters. The summed E-state index contributed by atoms with van der Waals surface area (Å²) in [5.41, 5.74) is 1.68. The first kappa shape index (κ1) is 18.7. The molecule has 0 saturated heterocycles. The van der Waals surface area contributed by atoms with Gasteiger partial charge in [0.2, 0.25) is 0 Å². The first-order chi connectivity index (χ1) is 12.1. The van der Waals surface area contributed by atoms with Gasteiger partial charge >= 0.3 is 0 Å². The molecule has 0 fully saturated rings. The third kappa shape index (κ3) is 3.56. The molecule has 0 saturated carbocycles. The van der Waals surface area contributed by atoms with Crippen LogP contribution in [0, 0.1) is 0 Å². The Balaban J connectivity index is 0.00000196. The van der Waals surface area contributed by atoms with E-state index in [1.54, 1.807) is 6.07 Å². The molecule has 0 aliphatic carbocycles. The third-order valence-electron chi connectivity index (χ3n) is 4.17. The number of aromatic nitrogens is 1. The number of furan rings is 1. The number of para-hydroxylation sites is 1. The van der Waals surface area contributed by atoms with Crippen LogP contribution in [-0.4, -0.2) is 36.0 Å². The normalized spacial score (nSPS) is 13.9. The number of nitrogens with one attached hydrogen (secondary N) is 1. The fourth-order valence-corrected chi connectivity index (χ4v) is 4.04. The summed E-state index contributed by atoms with van der Waals surface area (Å²) < 4.78 is 11.3. The molecule has 1 aromatic carbocycles. The van der Waals surface area contributed by atoms with E-state index in [1.165, 1.54) is 16.2 Å². The Hall–Kier alpha value is -2.09. The second-order valence-corrected chi connectivity index (χ2v) is 7.13. The second-order valence-electron chi connectivity index (χ2n) is 6.05. The first-order valence-corrected chi connectivity index (χ1v) is 9.09. The van der Waals surface area contributed by atoms with Gasteiger partial charge in [-0.15, -0.1) is 23.7 Å². The lowest BCUT2D eigenvalue weighted by molar-refractivity contribution is 0.0998. The lowest BCUT2D eigenvalue weighted by atomic mass is 10.2. The minimum atomic E-state index is -0.293. The third-order valence-corrected chi connectivity index (χ3v) is 5.17. The molecule has 1 aliphatic heterocycles. The molecule has 3 heterocycles. The summed E-state index contributed by atoms with van der Waals surface area (Å²) in [6, 6.07) is 7.35. The summed E-state index contributed by atoms with van der Waals surface area (Å²) in [5, 5.41) is 4.32. The Bertz CT molecular complexity index is 937. The van der Waals surface area contributed by atoms with E-state index >= 15 is 0 Å². The van der Waals surface area contributed by atoms with E-state index in [1.807, 2.05) is 25.1 Å². The van der Waals surface area contributed by atoms with Gasteiger partial charge in [0.05, 0.1) is 12.3 Å². The van der Waals surface area contributed by atoms with Crippen molar-refractivity contribution in [1.29, 1.82) is 0 Å². The number of halogens is 1. The fourth-order valence-electron chi connectivity index (χ4n) is 2.95. The second kappa shape index (κ2) is 7.65. The Kier molecular flexibility index (Phi) is 5.50. The highest BCUT2D eigenvalue weighted by atomic mass is 35.5. The topological polar surface area (TPSA) is 67.6 Å². The van der Waals surface area contributed by atoms with Crippen molar-refractivity contribution in [2.24, 2.45) is 0 Å². The van der Waals surface area contributed by atoms with Gasteiger partial charge in [-0.05, 0) is 26.1 Å². The molecular formula is C18H20ClN3O3S. The zero-order valence-electron chi connectivity index (χ0n) is 14.6. The molecule has 0 atom stereocenters. The number of carbonyl (C=O) groups excluding carboxylic acids is 1. The summed E-state index contributed by atoms with van der Waals surface area (Å²) >= 11 is 1.53. The molecule has 6 nitrogen and oxygen atoms in total. The maximum atomic E-state index is 12.5.